The smallest absolute Gasteiger partial charge is 0.133 e. The molecule has 1 saturated carbocycles. The van der Waals surface area contributed by atoms with Gasteiger partial charge in [-0.3, -0.25) is 9.97 Å². The summed E-state index contributed by atoms with van der Waals surface area (Å²) in [6, 6.07) is 16.5. The van der Waals surface area contributed by atoms with Crippen molar-refractivity contribution in [1.29, 1.82) is 0 Å². The van der Waals surface area contributed by atoms with Crippen LogP contribution in [0.1, 0.15) is 35.6 Å². The number of anilines is 1. The first kappa shape index (κ1) is 19.6. The van der Waals surface area contributed by atoms with Crippen LogP contribution in [0.25, 0.3) is 22.0 Å². The average molecular weight is 411 g/mol. The molecule has 156 valence electrons. The number of benzene rings is 1. The fourth-order valence-electron chi connectivity index (χ4n) is 4.51. The van der Waals surface area contributed by atoms with Gasteiger partial charge >= 0.3 is 0 Å². The normalized spacial score (nSPS) is 17.7. The highest BCUT2D eigenvalue weighted by Gasteiger charge is 2.37. The molecule has 5 rings (SSSR count). The highest BCUT2D eigenvalue weighted by molar-refractivity contribution is 5.93. The Bertz CT molecular complexity index is 1210. The molecule has 3 aromatic heterocycles. The number of fused-ring (bicyclic) bond motifs is 1. The van der Waals surface area contributed by atoms with Crippen LogP contribution in [0.5, 0.6) is 0 Å². The standard InChI is InChI=1S/C26H26N4O/c27-26-24-16-29-21(8-7-18-13-23(18)19-5-3-10-28-15-19)12-20(24)14-25(30-26)22-6-2-1-4-17(22)9-11-31/h1-6,10,12,14-16,18,23,31H,7-9,11,13H2,(H2,27,30)/t18-,23-/m0/s1. The Morgan fingerprint density at radius 2 is 1.94 bits per heavy atom. The van der Waals surface area contributed by atoms with Crippen molar-refractivity contribution in [2.24, 2.45) is 5.92 Å². The summed E-state index contributed by atoms with van der Waals surface area (Å²) in [5.41, 5.74) is 11.6. The Morgan fingerprint density at radius 1 is 1.03 bits per heavy atom. The third-order valence-corrected chi connectivity index (χ3v) is 6.28. The Balaban J connectivity index is 1.37. The summed E-state index contributed by atoms with van der Waals surface area (Å²) >= 11 is 0. The Hall–Kier alpha value is -3.31. The molecule has 1 fully saturated rings. The molecule has 1 aliphatic carbocycles. The number of hydrogen-bond acceptors (Lipinski definition) is 5. The second kappa shape index (κ2) is 8.44. The lowest BCUT2D eigenvalue weighted by Gasteiger charge is -2.11. The lowest BCUT2D eigenvalue weighted by Crippen LogP contribution is -2.00. The summed E-state index contributed by atoms with van der Waals surface area (Å²) in [5, 5.41) is 11.3. The van der Waals surface area contributed by atoms with Gasteiger partial charge in [-0.2, -0.15) is 0 Å². The number of pyridine rings is 3. The number of aryl methyl sites for hydroxylation is 1. The predicted molar refractivity (Wildman–Crippen MR) is 124 cm³/mol. The number of nitrogens with zero attached hydrogens (tertiary/aromatic N) is 3. The first-order chi connectivity index (χ1) is 15.2. The molecule has 0 spiro atoms. The largest absolute Gasteiger partial charge is 0.396 e. The quantitative estimate of drug-likeness (QED) is 0.467. The second-order valence-electron chi connectivity index (χ2n) is 8.35. The van der Waals surface area contributed by atoms with Gasteiger partial charge in [-0.1, -0.05) is 30.3 Å². The van der Waals surface area contributed by atoms with Gasteiger partial charge in [0.1, 0.15) is 5.82 Å². The van der Waals surface area contributed by atoms with Crippen molar-refractivity contribution >= 4 is 16.6 Å². The van der Waals surface area contributed by atoms with Crippen molar-refractivity contribution in [2.45, 2.75) is 31.6 Å². The van der Waals surface area contributed by atoms with E-state index in [1.54, 1.807) is 0 Å². The van der Waals surface area contributed by atoms with E-state index in [1.165, 1.54) is 12.0 Å². The Labute approximate surface area is 182 Å². The van der Waals surface area contributed by atoms with Gasteiger partial charge in [0.25, 0.3) is 0 Å². The monoisotopic (exact) mass is 410 g/mol. The van der Waals surface area contributed by atoms with E-state index in [2.05, 4.69) is 33.2 Å². The van der Waals surface area contributed by atoms with Gasteiger partial charge < -0.3 is 10.8 Å². The number of nitrogens with two attached hydrogens (primary N) is 1. The molecular weight excluding hydrogens is 384 g/mol. The minimum Gasteiger partial charge on any atom is -0.396 e. The highest BCUT2D eigenvalue weighted by Crippen LogP contribution is 2.49. The predicted octanol–water partition coefficient (Wildman–Crippen LogP) is 4.55. The molecule has 31 heavy (non-hydrogen) atoms. The van der Waals surface area contributed by atoms with E-state index >= 15 is 0 Å². The van der Waals surface area contributed by atoms with Gasteiger partial charge in [0.05, 0.1) is 5.69 Å². The van der Waals surface area contributed by atoms with Gasteiger partial charge in [-0.15, -0.1) is 0 Å². The summed E-state index contributed by atoms with van der Waals surface area (Å²) in [4.78, 5) is 13.5. The van der Waals surface area contributed by atoms with E-state index in [1.807, 2.05) is 48.9 Å². The van der Waals surface area contributed by atoms with E-state index in [0.717, 1.165) is 46.1 Å². The molecule has 0 saturated heterocycles. The minimum atomic E-state index is 0.106. The minimum absolute atomic E-state index is 0.106. The fraction of sp³-hybridized carbons (Fsp3) is 0.269. The van der Waals surface area contributed by atoms with Crippen LogP contribution in [0, 0.1) is 5.92 Å². The molecule has 0 unspecified atom stereocenters. The van der Waals surface area contributed by atoms with Crippen LogP contribution >= 0.6 is 0 Å². The number of rotatable bonds is 7. The molecule has 0 bridgehead atoms. The Morgan fingerprint density at radius 3 is 2.77 bits per heavy atom. The molecule has 5 nitrogen and oxygen atoms in total. The summed E-state index contributed by atoms with van der Waals surface area (Å²) < 4.78 is 0. The summed E-state index contributed by atoms with van der Waals surface area (Å²) in [6.45, 7) is 0.106. The van der Waals surface area contributed by atoms with Crippen molar-refractivity contribution in [3.05, 3.63) is 83.9 Å². The zero-order valence-electron chi connectivity index (χ0n) is 17.4. The zero-order chi connectivity index (χ0) is 21.2. The third-order valence-electron chi connectivity index (χ3n) is 6.28. The topological polar surface area (TPSA) is 84.9 Å². The summed E-state index contributed by atoms with van der Waals surface area (Å²) in [5.74, 6) is 1.85. The molecule has 4 aromatic rings. The van der Waals surface area contributed by atoms with Crippen molar-refractivity contribution < 1.29 is 5.11 Å². The van der Waals surface area contributed by atoms with Crippen molar-refractivity contribution in [1.82, 2.24) is 15.0 Å². The molecule has 3 N–H and O–H groups in total. The molecule has 1 aromatic carbocycles. The van der Waals surface area contributed by atoms with E-state index in [-0.39, 0.29) is 6.61 Å². The SMILES string of the molecule is Nc1nc(-c2ccccc2CCO)cc2cc(CC[C@H]3C[C@@H]3c3cccnc3)ncc12. The molecular formula is C26H26N4O. The number of aromatic nitrogens is 3. The molecule has 0 aliphatic heterocycles. The molecule has 5 heteroatoms. The molecule has 0 radical (unpaired) electrons. The fourth-order valence-corrected chi connectivity index (χ4v) is 4.51. The first-order valence-corrected chi connectivity index (χ1v) is 10.9. The Kier molecular flexibility index (Phi) is 5.35. The van der Waals surface area contributed by atoms with Crippen molar-refractivity contribution in [3.8, 4) is 11.3 Å². The molecule has 2 atom stereocenters. The summed E-state index contributed by atoms with van der Waals surface area (Å²) in [6.07, 6.45) is 9.59. The number of hydrogen-bond donors (Lipinski definition) is 2. The lowest BCUT2D eigenvalue weighted by atomic mass is 10.00. The summed E-state index contributed by atoms with van der Waals surface area (Å²) in [7, 11) is 0. The van der Waals surface area contributed by atoms with E-state index in [4.69, 9.17) is 5.73 Å². The first-order valence-electron chi connectivity index (χ1n) is 10.9. The van der Waals surface area contributed by atoms with Gasteiger partial charge in [0, 0.05) is 41.8 Å². The van der Waals surface area contributed by atoms with Gasteiger partial charge in [0.2, 0.25) is 0 Å². The van der Waals surface area contributed by atoms with Crippen LogP contribution in [-0.4, -0.2) is 26.7 Å². The van der Waals surface area contributed by atoms with Crippen LogP contribution in [0.2, 0.25) is 0 Å². The maximum absolute atomic E-state index is 9.40. The third kappa shape index (κ3) is 4.14. The van der Waals surface area contributed by atoms with E-state index in [9.17, 15) is 5.11 Å². The lowest BCUT2D eigenvalue weighted by molar-refractivity contribution is 0.300. The van der Waals surface area contributed by atoms with E-state index in [0.29, 0.717) is 24.1 Å². The van der Waals surface area contributed by atoms with Crippen molar-refractivity contribution in [3.63, 3.8) is 0 Å². The molecule has 3 heterocycles. The van der Waals surface area contributed by atoms with Crippen LogP contribution < -0.4 is 5.73 Å². The van der Waals surface area contributed by atoms with Crippen LogP contribution in [-0.2, 0) is 12.8 Å². The number of aliphatic hydroxyl groups is 1. The number of nitrogen functional groups attached to an aromatic ring is 1. The zero-order valence-corrected chi connectivity index (χ0v) is 17.4. The van der Waals surface area contributed by atoms with Crippen LogP contribution in [0.4, 0.5) is 5.82 Å². The maximum Gasteiger partial charge on any atom is 0.133 e. The highest BCUT2D eigenvalue weighted by atomic mass is 16.2. The average Bonchev–Trinajstić information content (AvgIpc) is 3.58. The molecule has 1 aliphatic rings. The van der Waals surface area contributed by atoms with Gasteiger partial charge in [0.15, 0.2) is 0 Å². The van der Waals surface area contributed by atoms with Gasteiger partial charge in [-0.25, -0.2) is 4.98 Å². The second-order valence-corrected chi connectivity index (χ2v) is 8.35. The van der Waals surface area contributed by atoms with Crippen LogP contribution in [0.3, 0.4) is 0 Å². The van der Waals surface area contributed by atoms with Gasteiger partial charge in [-0.05, 0) is 72.2 Å². The molecule has 0 amide bonds. The van der Waals surface area contributed by atoms with E-state index < -0.39 is 0 Å². The number of aliphatic hydroxyl groups excluding tert-OH is 1. The van der Waals surface area contributed by atoms with Crippen molar-refractivity contribution in [2.75, 3.05) is 12.3 Å². The van der Waals surface area contributed by atoms with Crippen LogP contribution in [0.15, 0.2) is 67.1 Å². The maximum atomic E-state index is 9.40.